The van der Waals surface area contributed by atoms with Crippen molar-refractivity contribution in [3.8, 4) is 0 Å². The molecule has 0 aromatic carbocycles. The minimum Gasteiger partial charge on any atom is -0.320 e. The Labute approximate surface area is 112 Å². The first-order valence-electron chi connectivity index (χ1n) is 6.88. The molecule has 1 N–H and O–H groups in total. The van der Waals surface area contributed by atoms with Gasteiger partial charge in [0.25, 0.3) is 10.2 Å². The smallest absolute Gasteiger partial charge is 0.281 e. The van der Waals surface area contributed by atoms with Crippen LogP contribution in [0.4, 0.5) is 0 Å². The zero-order chi connectivity index (χ0) is 13.6. The Hall–Kier alpha value is -0.170. The first-order chi connectivity index (χ1) is 8.52. The highest BCUT2D eigenvalue weighted by Crippen LogP contribution is 2.28. The van der Waals surface area contributed by atoms with Crippen molar-refractivity contribution in [1.82, 2.24) is 13.9 Å². The maximum absolute atomic E-state index is 12.4. The molecule has 0 heterocycles. The molecule has 0 aromatic heterocycles. The van der Waals surface area contributed by atoms with Gasteiger partial charge in [0.1, 0.15) is 0 Å². The average molecular weight is 277 g/mol. The van der Waals surface area contributed by atoms with E-state index in [0.717, 1.165) is 13.0 Å². The first kappa shape index (κ1) is 15.9. The second-order valence-corrected chi connectivity index (χ2v) is 7.07. The molecular formula is C12H27N3O2S. The summed E-state index contributed by atoms with van der Waals surface area (Å²) in [5, 5.41) is 3.03. The van der Waals surface area contributed by atoms with Crippen LogP contribution in [-0.2, 0) is 10.2 Å². The molecule has 1 rings (SSSR count). The highest BCUT2D eigenvalue weighted by molar-refractivity contribution is 7.86. The zero-order valence-electron chi connectivity index (χ0n) is 11.9. The van der Waals surface area contributed by atoms with Crippen molar-refractivity contribution in [2.75, 3.05) is 40.3 Å². The van der Waals surface area contributed by atoms with Gasteiger partial charge in [-0.05, 0) is 38.8 Å². The fourth-order valence-electron chi connectivity index (χ4n) is 2.14. The third-order valence-corrected chi connectivity index (χ3v) is 5.69. The highest BCUT2D eigenvalue weighted by atomic mass is 32.2. The molecule has 0 unspecified atom stereocenters. The topological polar surface area (TPSA) is 52.7 Å². The fraction of sp³-hybridized carbons (Fsp3) is 1.00. The average Bonchev–Trinajstić information content (AvgIpc) is 2.27. The van der Waals surface area contributed by atoms with Crippen LogP contribution in [0.5, 0.6) is 0 Å². The number of nitrogens with zero attached hydrogens (tertiary/aromatic N) is 2. The fourth-order valence-corrected chi connectivity index (χ4v) is 3.62. The molecular weight excluding hydrogens is 250 g/mol. The molecule has 0 amide bonds. The van der Waals surface area contributed by atoms with Crippen LogP contribution in [-0.4, -0.2) is 57.3 Å². The van der Waals surface area contributed by atoms with Gasteiger partial charge in [0.05, 0.1) is 0 Å². The molecule has 0 saturated heterocycles. The second kappa shape index (κ2) is 7.43. The van der Waals surface area contributed by atoms with Gasteiger partial charge in [0.15, 0.2) is 0 Å². The minimum absolute atomic E-state index is 0.565. The van der Waals surface area contributed by atoms with Gasteiger partial charge in [0.2, 0.25) is 0 Å². The SMILES string of the molecule is CCN(CC1CCC1)S(=O)(=O)N(C)CCCNC. The largest absolute Gasteiger partial charge is 0.320 e. The molecule has 1 saturated carbocycles. The van der Waals surface area contributed by atoms with Crippen LogP contribution in [0.1, 0.15) is 32.6 Å². The van der Waals surface area contributed by atoms with Gasteiger partial charge in [-0.1, -0.05) is 13.3 Å². The van der Waals surface area contributed by atoms with Crippen molar-refractivity contribution >= 4 is 10.2 Å². The van der Waals surface area contributed by atoms with Crippen LogP contribution in [0, 0.1) is 5.92 Å². The molecule has 0 atom stereocenters. The molecule has 1 fully saturated rings. The van der Waals surface area contributed by atoms with E-state index in [-0.39, 0.29) is 0 Å². The first-order valence-corrected chi connectivity index (χ1v) is 8.28. The van der Waals surface area contributed by atoms with Crippen molar-refractivity contribution in [2.24, 2.45) is 5.92 Å². The number of hydrogen-bond donors (Lipinski definition) is 1. The van der Waals surface area contributed by atoms with E-state index in [4.69, 9.17) is 0 Å². The lowest BCUT2D eigenvalue weighted by Crippen LogP contribution is -2.45. The standard InChI is InChI=1S/C12H27N3O2S/c1-4-15(11-12-7-5-8-12)18(16,17)14(3)10-6-9-13-2/h12-13H,4-11H2,1-3H3. The molecule has 0 aliphatic heterocycles. The third kappa shape index (κ3) is 4.19. The number of hydrogen-bond acceptors (Lipinski definition) is 3. The highest BCUT2D eigenvalue weighted by Gasteiger charge is 2.29. The van der Waals surface area contributed by atoms with Crippen LogP contribution >= 0.6 is 0 Å². The Morgan fingerprint density at radius 3 is 2.44 bits per heavy atom. The summed E-state index contributed by atoms with van der Waals surface area (Å²) < 4.78 is 27.8. The van der Waals surface area contributed by atoms with Crippen LogP contribution in [0.25, 0.3) is 0 Å². The van der Waals surface area contributed by atoms with Gasteiger partial charge in [-0.25, -0.2) is 0 Å². The van der Waals surface area contributed by atoms with E-state index < -0.39 is 10.2 Å². The van der Waals surface area contributed by atoms with Gasteiger partial charge < -0.3 is 5.32 Å². The van der Waals surface area contributed by atoms with Gasteiger partial charge in [-0.2, -0.15) is 17.0 Å². The summed E-state index contributed by atoms with van der Waals surface area (Å²) in [5.41, 5.74) is 0. The quantitative estimate of drug-likeness (QED) is 0.637. The predicted octanol–water partition coefficient (Wildman–Crippen LogP) is 0.895. The molecule has 18 heavy (non-hydrogen) atoms. The predicted molar refractivity (Wildman–Crippen MR) is 74.7 cm³/mol. The summed E-state index contributed by atoms with van der Waals surface area (Å²) >= 11 is 0. The molecule has 6 heteroatoms. The summed E-state index contributed by atoms with van der Waals surface area (Å²) in [7, 11) is 0.289. The maximum atomic E-state index is 12.4. The molecule has 0 bridgehead atoms. The molecule has 0 radical (unpaired) electrons. The van der Waals surface area contributed by atoms with E-state index in [1.807, 2.05) is 14.0 Å². The second-order valence-electron chi connectivity index (χ2n) is 5.03. The van der Waals surface area contributed by atoms with Crippen molar-refractivity contribution in [1.29, 1.82) is 0 Å². The van der Waals surface area contributed by atoms with E-state index in [2.05, 4.69) is 5.32 Å². The van der Waals surface area contributed by atoms with Crippen molar-refractivity contribution in [2.45, 2.75) is 32.6 Å². The van der Waals surface area contributed by atoms with Crippen LogP contribution in [0.3, 0.4) is 0 Å². The van der Waals surface area contributed by atoms with E-state index >= 15 is 0 Å². The summed E-state index contributed by atoms with van der Waals surface area (Å²) in [6.07, 6.45) is 4.44. The summed E-state index contributed by atoms with van der Waals surface area (Å²) in [6.45, 7) is 4.58. The Bertz CT molecular complexity index is 328. The normalized spacial score (nSPS) is 17.4. The van der Waals surface area contributed by atoms with Crippen LogP contribution in [0.2, 0.25) is 0 Å². The molecule has 1 aliphatic carbocycles. The lowest BCUT2D eigenvalue weighted by Gasteiger charge is -2.33. The zero-order valence-corrected chi connectivity index (χ0v) is 12.7. The van der Waals surface area contributed by atoms with Gasteiger partial charge in [-0.15, -0.1) is 0 Å². The minimum atomic E-state index is -3.26. The Morgan fingerprint density at radius 2 is 2.00 bits per heavy atom. The van der Waals surface area contributed by atoms with E-state index in [1.165, 1.54) is 23.6 Å². The Morgan fingerprint density at radius 1 is 1.33 bits per heavy atom. The third-order valence-electron chi connectivity index (χ3n) is 3.66. The van der Waals surface area contributed by atoms with Gasteiger partial charge in [0, 0.05) is 26.7 Å². The van der Waals surface area contributed by atoms with E-state index in [9.17, 15) is 8.42 Å². The van der Waals surface area contributed by atoms with E-state index in [0.29, 0.717) is 25.6 Å². The van der Waals surface area contributed by atoms with Crippen molar-refractivity contribution in [3.63, 3.8) is 0 Å². The Kier molecular flexibility index (Phi) is 6.55. The molecule has 5 nitrogen and oxygen atoms in total. The Balaban J connectivity index is 2.51. The van der Waals surface area contributed by atoms with E-state index in [1.54, 1.807) is 11.4 Å². The molecule has 0 spiro atoms. The number of nitrogens with one attached hydrogen (secondary N) is 1. The maximum Gasteiger partial charge on any atom is 0.281 e. The van der Waals surface area contributed by atoms with Gasteiger partial charge in [-0.3, -0.25) is 0 Å². The lowest BCUT2D eigenvalue weighted by atomic mass is 9.85. The van der Waals surface area contributed by atoms with Crippen LogP contribution < -0.4 is 5.32 Å². The molecule has 1 aliphatic rings. The number of rotatable bonds is 9. The van der Waals surface area contributed by atoms with Crippen molar-refractivity contribution < 1.29 is 8.42 Å². The summed E-state index contributed by atoms with van der Waals surface area (Å²) in [6, 6.07) is 0. The molecule has 108 valence electrons. The monoisotopic (exact) mass is 277 g/mol. The summed E-state index contributed by atoms with van der Waals surface area (Å²) in [5.74, 6) is 0.574. The van der Waals surface area contributed by atoms with Gasteiger partial charge >= 0.3 is 0 Å². The summed E-state index contributed by atoms with van der Waals surface area (Å²) in [4.78, 5) is 0. The van der Waals surface area contributed by atoms with Crippen molar-refractivity contribution in [3.05, 3.63) is 0 Å². The van der Waals surface area contributed by atoms with Crippen LogP contribution in [0.15, 0.2) is 0 Å². The lowest BCUT2D eigenvalue weighted by molar-refractivity contribution is 0.241. The molecule has 0 aromatic rings.